The Morgan fingerprint density at radius 3 is 2.37 bits per heavy atom. The highest BCUT2D eigenvalue weighted by atomic mass is 16.3. The molecule has 0 radical (unpaired) electrons. The van der Waals surface area contributed by atoms with Crippen LogP contribution < -0.4 is 0 Å². The van der Waals surface area contributed by atoms with E-state index in [2.05, 4.69) is 13.8 Å². The summed E-state index contributed by atoms with van der Waals surface area (Å²) in [5, 5.41) is 28.2. The highest BCUT2D eigenvalue weighted by molar-refractivity contribution is 5.75. The van der Waals surface area contributed by atoms with Crippen molar-refractivity contribution in [3.63, 3.8) is 0 Å². The number of allylic oxidation sites excluding steroid dienone is 1. The molecule has 0 heterocycles. The third-order valence-corrected chi connectivity index (χ3v) is 3.38. The zero-order valence-corrected chi connectivity index (χ0v) is 12.3. The van der Waals surface area contributed by atoms with Crippen LogP contribution >= 0.6 is 0 Å². The summed E-state index contributed by atoms with van der Waals surface area (Å²) in [7, 11) is 0. The molecule has 0 fully saturated rings. The van der Waals surface area contributed by atoms with Gasteiger partial charge in [0.25, 0.3) is 0 Å². The fourth-order valence-corrected chi connectivity index (χ4v) is 1.92. The Morgan fingerprint density at radius 2 is 1.95 bits per heavy atom. The zero-order chi connectivity index (χ0) is 14.9. The molecule has 19 heavy (non-hydrogen) atoms. The van der Waals surface area contributed by atoms with E-state index >= 15 is 0 Å². The molecule has 0 aliphatic heterocycles. The number of hydrogen-bond acceptors (Lipinski definition) is 4. The van der Waals surface area contributed by atoms with Crippen molar-refractivity contribution in [3.05, 3.63) is 12.2 Å². The highest BCUT2D eigenvalue weighted by Crippen LogP contribution is 2.22. The van der Waals surface area contributed by atoms with E-state index in [1.165, 1.54) is 0 Å². The number of rotatable bonds is 10. The molecule has 4 heteroatoms. The topological polar surface area (TPSA) is 77.8 Å². The molecule has 112 valence electrons. The Morgan fingerprint density at radius 1 is 1.32 bits per heavy atom. The molecule has 0 saturated carbocycles. The van der Waals surface area contributed by atoms with Crippen LogP contribution in [0.25, 0.3) is 0 Å². The molecule has 0 rings (SSSR count). The number of carbonyl (C=O) groups excluding carboxylic acids is 1. The number of Topliss-reactive ketones (excluding diaryl/α,β-unsaturated/α-hetero) is 1. The molecule has 0 saturated heterocycles. The van der Waals surface area contributed by atoms with Crippen molar-refractivity contribution in [1.29, 1.82) is 0 Å². The average molecular weight is 272 g/mol. The van der Waals surface area contributed by atoms with Gasteiger partial charge in [0, 0.05) is 13.0 Å². The van der Waals surface area contributed by atoms with E-state index < -0.39 is 5.60 Å². The van der Waals surface area contributed by atoms with E-state index in [-0.39, 0.29) is 24.9 Å². The van der Waals surface area contributed by atoms with Crippen molar-refractivity contribution < 1.29 is 20.1 Å². The molecule has 0 aromatic heterocycles. The molecule has 0 bridgehead atoms. The van der Waals surface area contributed by atoms with Gasteiger partial charge >= 0.3 is 0 Å². The molecule has 4 nitrogen and oxygen atoms in total. The second-order valence-corrected chi connectivity index (χ2v) is 5.60. The molecule has 0 amide bonds. The molecule has 3 N–H and O–H groups in total. The van der Waals surface area contributed by atoms with Gasteiger partial charge in [0.15, 0.2) is 0 Å². The van der Waals surface area contributed by atoms with Gasteiger partial charge in [-0.2, -0.15) is 0 Å². The highest BCUT2D eigenvalue weighted by Gasteiger charge is 2.22. The minimum atomic E-state index is -1.27. The lowest BCUT2D eigenvalue weighted by atomic mass is 9.87. The van der Waals surface area contributed by atoms with Crippen molar-refractivity contribution in [2.24, 2.45) is 11.8 Å². The summed E-state index contributed by atoms with van der Waals surface area (Å²) < 4.78 is 0. The Kier molecular flexibility index (Phi) is 8.89. The van der Waals surface area contributed by atoms with Crippen LogP contribution in [0.5, 0.6) is 0 Å². The lowest BCUT2D eigenvalue weighted by Gasteiger charge is -2.23. The van der Waals surface area contributed by atoms with Crippen LogP contribution in [0.2, 0.25) is 0 Å². The maximum absolute atomic E-state index is 11.0. The van der Waals surface area contributed by atoms with Gasteiger partial charge in [-0.1, -0.05) is 26.0 Å². The first-order valence-electron chi connectivity index (χ1n) is 6.97. The van der Waals surface area contributed by atoms with Gasteiger partial charge in [0.1, 0.15) is 11.4 Å². The zero-order valence-electron chi connectivity index (χ0n) is 12.3. The van der Waals surface area contributed by atoms with E-state index in [4.69, 9.17) is 5.11 Å². The van der Waals surface area contributed by atoms with Gasteiger partial charge in [0.05, 0.1) is 6.61 Å². The third kappa shape index (κ3) is 8.14. The van der Waals surface area contributed by atoms with Gasteiger partial charge in [-0.25, -0.2) is 0 Å². The quantitative estimate of drug-likeness (QED) is 0.529. The predicted octanol–water partition coefficient (Wildman–Crippen LogP) is 1.68. The second-order valence-electron chi connectivity index (χ2n) is 5.60. The molecular formula is C15H28O4. The first-order chi connectivity index (χ1) is 8.84. The minimum Gasteiger partial charge on any atom is -0.396 e. The first kappa shape index (κ1) is 18.3. The second kappa shape index (κ2) is 9.23. The van der Waals surface area contributed by atoms with Crippen LogP contribution in [-0.4, -0.2) is 39.9 Å². The van der Waals surface area contributed by atoms with Gasteiger partial charge in [-0.05, 0) is 38.0 Å². The maximum atomic E-state index is 11.0. The predicted molar refractivity (Wildman–Crippen MR) is 75.7 cm³/mol. The summed E-state index contributed by atoms with van der Waals surface area (Å²) in [6.07, 6.45) is 5.57. The van der Waals surface area contributed by atoms with E-state index in [1.807, 2.05) is 6.08 Å². The Hall–Kier alpha value is -0.710. The van der Waals surface area contributed by atoms with Crippen molar-refractivity contribution in [1.82, 2.24) is 0 Å². The first-order valence-corrected chi connectivity index (χ1v) is 6.97. The van der Waals surface area contributed by atoms with Crippen molar-refractivity contribution in [2.45, 2.75) is 52.1 Å². The standard InChI is InChI=1S/C15H28O4/c1-12(2)14(6-5-13(3)18)7-9-15(19,11-17)8-4-10-16/h7,9,12,14,16-17,19H,4-6,8,10-11H2,1-3H3/b9-7+/t14-,15+/m0/s1. The van der Waals surface area contributed by atoms with E-state index in [1.54, 1.807) is 13.0 Å². The average Bonchev–Trinajstić information content (AvgIpc) is 2.35. The fraction of sp³-hybridized carbons (Fsp3) is 0.800. The number of ketones is 1. The largest absolute Gasteiger partial charge is 0.396 e. The van der Waals surface area contributed by atoms with Gasteiger partial charge < -0.3 is 20.1 Å². The summed E-state index contributed by atoms with van der Waals surface area (Å²) in [6.45, 7) is 5.35. The smallest absolute Gasteiger partial charge is 0.129 e. The van der Waals surface area contributed by atoms with Crippen LogP contribution in [0.1, 0.15) is 46.5 Å². The summed E-state index contributed by atoms with van der Waals surface area (Å²) in [6, 6.07) is 0. The molecule has 0 unspecified atom stereocenters. The van der Waals surface area contributed by atoms with E-state index in [0.29, 0.717) is 25.2 Å². The number of aliphatic hydroxyl groups is 3. The molecule has 0 aromatic carbocycles. The van der Waals surface area contributed by atoms with Gasteiger partial charge in [-0.3, -0.25) is 0 Å². The number of carbonyl (C=O) groups is 1. The van der Waals surface area contributed by atoms with E-state index in [9.17, 15) is 15.0 Å². The van der Waals surface area contributed by atoms with Gasteiger partial charge in [-0.15, -0.1) is 0 Å². The van der Waals surface area contributed by atoms with Crippen LogP contribution in [0, 0.1) is 11.8 Å². The minimum absolute atomic E-state index is 0.00586. The summed E-state index contributed by atoms with van der Waals surface area (Å²) in [5.41, 5.74) is -1.27. The SMILES string of the molecule is CC(=O)CC[C@@H](/C=C/[C@@](O)(CO)CCCO)C(C)C. The van der Waals surface area contributed by atoms with E-state index in [0.717, 1.165) is 6.42 Å². The Labute approximate surface area is 116 Å². The number of aliphatic hydroxyl groups excluding tert-OH is 2. The van der Waals surface area contributed by atoms with Crippen LogP contribution in [-0.2, 0) is 4.79 Å². The normalized spacial score (nSPS) is 16.8. The molecular weight excluding hydrogens is 244 g/mol. The number of hydrogen-bond donors (Lipinski definition) is 3. The van der Waals surface area contributed by atoms with Crippen molar-refractivity contribution in [2.75, 3.05) is 13.2 Å². The van der Waals surface area contributed by atoms with Crippen LogP contribution in [0.15, 0.2) is 12.2 Å². The monoisotopic (exact) mass is 272 g/mol. The summed E-state index contributed by atoms with van der Waals surface area (Å²) >= 11 is 0. The molecule has 0 aromatic rings. The fourth-order valence-electron chi connectivity index (χ4n) is 1.92. The Bertz CT molecular complexity index is 286. The Balaban J connectivity index is 4.60. The molecule has 0 aliphatic rings. The molecule has 0 aliphatic carbocycles. The van der Waals surface area contributed by atoms with Crippen LogP contribution in [0.4, 0.5) is 0 Å². The van der Waals surface area contributed by atoms with Crippen LogP contribution in [0.3, 0.4) is 0 Å². The third-order valence-electron chi connectivity index (χ3n) is 3.38. The lowest BCUT2D eigenvalue weighted by molar-refractivity contribution is -0.117. The van der Waals surface area contributed by atoms with Crippen molar-refractivity contribution in [3.8, 4) is 0 Å². The lowest BCUT2D eigenvalue weighted by Crippen LogP contribution is -2.31. The molecule has 0 spiro atoms. The van der Waals surface area contributed by atoms with Crippen molar-refractivity contribution >= 4 is 5.78 Å². The van der Waals surface area contributed by atoms with Gasteiger partial charge in [0.2, 0.25) is 0 Å². The maximum Gasteiger partial charge on any atom is 0.129 e. The summed E-state index contributed by atoms with van der Waals surface area (Å²) in [4.78, 5) is 11.0. The summed E-state index contributed by atoms with van der Waals surface area (Å²) in [5.74, 6) is 0.740. The molecule has 2 atom stereocenters.